The molecule has 0 aliphatic carbocycles. The minimum atomic E-state index is 0.589. The van der Waals surface area contributed by atoms with Crippen LogP contribution in [0.3, 0.4) is 0 Å². The zero-order chi connectivity index (χ0) is 13.3. The average molecular weight is 284 g/mol. The molecule has 0 bridgehead atoms. The van der Waals surface area contributed by atoms with Gasteiger partial charge in [-0.15, -0.1) is 0 Å². The number of anilines is 1. The van der Waals surface area contributed by atoms with Crippen molar-refractivity contribution in [1.82, 2.24) is 9.78 Å². The number of hydrogen-bond acceptors (Lipinski definition) is 2. The third-order valence-electron chi connectivity index (χ3n) is 3.01. The van der Waals surface area contributed by atoms with Gasteiger partial charge in [0.15, 0.2) is 0 Å². The zero-order valence-electron chi connectivity index (χ0n) is 10.6. The van der Waals surface area contributed by atoms with Crippen molar-refractivity contribution in [3.8, 4) is 0 Å². The molecule has 0 atom stereocenters. The van der Waals surface area contributed by atoms with Gasteiger partial charge in [0.2, 0.25) is 0 Å². The summed E-state index contributed by atoms with van der Waals surface area (Å²) in [6, 6.07) is 5.52. The highest BCUT2D eigenvalue weighted by molar-refractivity contribution is 6.36. The van der Waals surface area contributed by atoms with E-state index in [1.165, 1.54) is 0 Å². The van der Waals surface area contributed by atoms with Gasteiger partial charge in [-0.2, -0.15) is 5.10 Å². The lowest BCUT2D eigenvalue weighted by molar-refractivity contribution is 0.731. The molecule has 0 saturated heterocycles. The third-order valence-corrected chi connectivity index (χ3v) is 3.72. The summed E-state index contributed by atoms with van der Waals surface area (Å²) in [5.41, 5.74) is 4.01. The second-order valence-electron chi connectivity index (χ2n) is 4.22. The Labute approximate surface area is 117 Å². The topological polar surface area (TPSA) is 29.9 Å². The summed E-state index contributed by atoms with van der Waals surface area (Å²) >= 11 is 12.3. The monoisotopic (exact) mass is 283 g/mol. The van der Waals surface area contributed by atoms with Crippen LogP contribution in [0.4, 0.5) is 5.69 Å². The normalized spacial score (nSPS) is 10.7. The number of nitrogens with one attached hydrogen (secondary N) is 1. The third kappa shape index (κ3) is 2.47. The molecule has 0 saturated carbocycles. The molecule has 0 fully saturated rings. The summed E-state index contributed by atoms with van der Waals surface area (Å²) < 4.78 is 1.85. The maximum Gasteiger partial charge on any atom is 0.0827 e. The van der Waals surface area contributed by atoms with Crippen molar-refractivity contribution in [3.05, 3.63) is 45.2 Å². The molecule has 1 N–H and O–H groups in total. The lowest BCUT2D eigenvalue weighted by atomic mass is 10.2. The molecule has 1 aromatic heterocycles. The first-order valence-corrected chi connectivity index (χ1v) is 6.43. The van der Waals surface area contributed by atoms with Gasteiger partial charge in [0.1, 0.15) is 0 Å². The van der Waals surface area contributed by atoms with Gasteiger partial charge >= 0.3 is 0 Å². The lowest BCUT2D eigenvalue weighted by Crippen LogP contribution is -2.03. The minimum absolute atomic E-state index is 0.589. The summed E-state index contributed by atoms with van der Waals surface area (Å²) in [7, 11) is 1.93. The smallest absolute Gasteiger partial charge is 0.0827 e. The van der Waals surface area contributed by atoms with Crippen molar-refractivity contribution in [2.75, 3.05) is 5.32 Å². The van der Waals surface area contributed by atoms with E-state index < -0.39 is 0 Å². The van der Waals surface area contributed by atoms with Gasteiger partial charge in [0, 0.05) is 29.2 Å². The van der Waals surface area contributed by atoms with Gasteiger partial charge in [0.05, 0.1) is 17.1 Å². The summed E-state index contributed by atoms with van der Waals surface area (Å²) in [6.45, 7) is 4.59. The summed E-state index contributed by atoms with van der Waals surface area (Å²) in [5, 5.41) is 9.05. The fraction of sp³-hybridized carbons (Fsp3) is 0.308. The van der Waals surface area contributed by atoms with Crippen molar-refractivity contribution in [1.29, 1.82) is 0 Å². The van der Waals surface area contributed by atoms with Gasteiger partial charge < -0.3 is 5.32 Å². The maximum absolute atomic E-state index is 6.14. The van der Waals surface area contributed by atoms with Crippen LogP contribution < -0.4 is 5.32 Å². The van der Waals surface area contributed by atoms with Crippen LogP contribution in [0.5, 0.6) is 0 Å². The second-order valence-corrected chi connectivity index (χ2v) is 5.04. The molecule has 0 amide bonds. The molecule has 0 unspecified atom stereocenters. The Balaban J connectivity index is 2.22. The Morgan fingerprint density at radius 1 is 1.22 bits per heavy atom. The molecule has 2 aromatic rings. The van der Waals surface area contributed by atoms with E-state index in [0.29, 0.717) is 16.6 Å². The molecule has 0 spiro atoms. The number of aromatic nitrogens is 2. The Morgan fingerprint density at radius 3 is 2.33 bits per heavy atom. The van der Waals surface area contributed by atoms with Crippen LogP contribution in [0.25, 0.3) is 0 Å². The van der Waals surface area contributed by atoms with E-state index in [9.17, 15) is 0 Å². The van der Waals surface area contributed by atoms with Crippen molar-refractivity contribution >= 4 is 28.9 Å². The Bertz CT molecular complexity index is 556. The quantitative estimate of drug-likeness (QED) is 0.924. The Hall–Kier alpha value is -1.19. The van der Waals surface area contributed by atoms with Crippen molar-refractivity contribution < 1.29 is 0 Å². The van der Waals surface area contributed by atoms with Gasteiger partial charge in [-0.25, -0.2) is 0 Å². The highest BCUT2D eigenvalue weighted by Crippen LogP contribution is 2.26. The Morgan fingerprint density at radius 2 is 1.83 bits per heavy atom. The van der Waals surface area contributed by atoms with Crippen molar-refractivity contribution in [2.45, 2.75) is 20.4 Å². The molecular weight excluding hydrogens is 269 g/mol. The number of rotatable bonds is 3. The van der Waals surface area contributed by atoms with Gasteiger partial charge in [-0.05, 0) is 26.0 Å². The highest BCUT2D eigenvalue weighted by Gasteiger charge is 2.10. The molecule has 0 aliphatic heterocycles. The summed E-state index contributed by atoms with van der Waals surface area (Å²) in [4.78, 5) is 0. The van der Waals surface area contributed by atoms with Gasteiger partial charge in [-0.3, -0.25) is 4.68 Å². The first kappa shape index (κ1) is 13.2. The molecule has 96 valence electrons. The molecule has 0 aliphatic rings. The molecule has 18 heavy (non-hydrogen) atoms. The molecule has 5 heteroatoms. The summed E-state index contributed by atoms with van der Waals surface area (Å²) in [6.07, 6.45) is 0. The van der Waals surface area contributed by atoms with Crippen LogP contribution >= 0.6 is 23.2 Å². The fourth-order valence-corrected chi connectivity index (χ4v) is 2.44. The molecule has 0 radical (unpaired) electrons. The van der Waals surface area contributed by atoms with Crippen molar-refractivity contribution in [3.63, 3.8) is 0 Å². The van der Waals surface area contributed by atoms with E-state index in [1.54, 1.807) is 0 Å². The number of benzene rings is 1. The molecule has 1 heterocycles. The average Bonchev–Trinajstić information content (AvgIpc) is 2.54. The van der Waals surface area contributed by atoms with Crippen LogP contribution in [0.15, 0.2) is 18.2 Å². The van der Waals surface area contributed by atoms with E-state index >= 15 is 0 Å². The predicted molar refractivity (Wildman–Crippen MR) is 76.5 cm³/mol. The standard InChI is InChI=1S/C13H15Cl2N3/c1-8-13(9(2)18(3)17-8)16-7-10-11(14)5-4-6-12(10)15/h4-6,16H,7H2,1-3H3. The van der Waals surface area contributed by atoms with Crippen LogP contribution in [-0.2, 0) is 13.6 Å². The molecular formula is C13H15Cl2N3. The van der Waals surface area contributed by atoms with E-state index in [0.717, 1.165) is 22.6 Å². The first-order chi connectivity index (χ1) is 8.50. The van der Waals surface area contributed by atoms with Gasteiger partial charge in [-0.1, -0.05) is 29.3 Å². The number of aryl methyl sites for hydroxylation is 2. The number of halogens is 2. The largest absolute Gasteiger partial charge is 0.378 e. The van der Waals surface area contributed by atoms with E-state index in [2.05, 4.69) is 10.4 Å². The maximum atomic E-state index is 6.14. The second kappa shape index (κ2) is 5.21. The Kier molecular flexibility index (Phi) is 3.83. The predicted octanol–water partition coefficient (Wildman–Crippen LogP) is 3.96. The van der Waals surface area contributed by atoms with E-state index in [1.807, 2.05) is 43.8 Å². The lowest BCUT2D eigenvalue weighted by Gasteiger charge is -2.10. The van der Waals surface area contributed by atoms with Crippen LogP contribution in [0.2, 0.25) is 10.0 Å². The molecule has 3 nitrogen and oxygen atoms in total. The van der Waals surface area contributed by atoms with E-state index in [4.69, 9.17) is 23.2 Å². The van der Waals surface area contributed by atoms with Crippen LogP contribution in [0.1, 0.15) is 17.0 Å². The van der Waals surface area contributed by atoms with E-state index in [-0.39, 0.29) is 0 Å². The molecule has 2 rings (SSSR count). The van der Waals surface area contributed by atoms with Crippen molar-refractivity contribution in [2.24, 2.45) is 7.05 Å². The first-order valence-electron chi connectivity index (χ1n) is 5.67. The number of hydrogen-bond donors (Lipinski definition) is 1. The number of nitrogens with zero attached hydrogens (tertiary/aromatic N) is 2. The SMILES string of the molecule is Cc1nn(C)c(C)c1NCc1c(Cl)cccc1Cl. The molecule has 1 aromatic carbocycles. The highest BCUT2D eigenvalue weighted by atomic mass is 35.5. The minimum Gasteiger partial charge on any atom is -0.378 e. The van der Waals surface area contributed by atoms with Crippen LogP contribution in [0, 0.1) is 13.8 Å². The van der Waals surface area contributed by atoms with Gasteiger partial charge in [0.25, 0.3) is 0 Å². The summed E-state index contributed by atoms with van der Waals surface area (Å²) in [5.74, 6) is 0. The van der Waals surface area contributed by atoms with Crippen LogP contribution in [-0.4, -0.2) is 9.78 Å². The zero-order valence-corrected chi connectivity index (χ0v) is 12.1. The fourth-order valence-electron chi connectivity index (χ4n) is 1.91.